The number of amides is 1. The van der Waals surface area contributed by atoms with Crippen molar-refractivity contribution in [2.24, 2.45) is 5.73 Å². The Hall–Kier alpha value is -1.75. The monoisotopic (exact) mass is 278 g/mol. The Morgan fingerprint density at radius 1 is 1.45 bits per heavy atom. The van der Waals surface area contributed by atoms with Crippen LogP contribution in [0, 0.1) is 0 Å². The summed E-state index contributed by atoms with van der Waals surface area (Å²) in [4.78, 5) is 12.7. The third-order valence-electron chi connectivity index (χ3n) is 3.73. The van der Waals surface area contributed by atoms with Gasteiger partial charge in [0, 0.05) is 25.6 Å². The molecule has 1 aliphatic heterocycles. The fourth-order valence-electron chi connectivity index (χ4n) is 2.63. The minimum absolute atomic E-state index is 0.0824. The van der Waals surface area contributed by atoms with Crippen molar-refractivity contribution in [2.45, 2.75) is 38.3 Å². The molecule has 1 heterocycles. The first-order valence-electron chi connectivity index (χ1n) is 7.12. The van der Waals surface area contributed by atoms with Gasteiger partial charge in [0.1, 0.15) is 5.75 Å². The van der Waals surface area contributed by atoms with Crippen molar-refractivity contribution < 1.29 is 14.6 Å². The van der Waals surface area contributed by atoms with Gasteiger partial charge in [0.2, 0.25) is 0 Å². The van der Waals surface area contributed by atoms with Crippen LogP contribution in [0.25, 0.3) is 0 Å². The van der Waals surface area contributed by atoms with Crippen molar-refractivity contribution in [1.29, 1.82) is 0 Å². The van der Waals surface area contributed by atoms with Crippen LogP contribution in [0.1, 0.15) is 31.2 Å². The number of benzene rings is 1. The van der Waals surface area contributed by atoms with Gasteiger partial charge in [-0.3, -0.25) is 0 Å². The second kappa shape index (κ2) is 7.14. The molecular formula is C15H22N2O3. The van der Waals surface area contributed by atoms with E-state index in [1.54, 1.807) is 4.90 Å². The van der Waals surface area contributed by atoms with Crippen LogP contribution in [0.3, 0.4) is 0 Å². The standard InChI is InChI=1S/C15H22N2O3/c16-11-12-4-3-6-14(10-12)20-9-7-13-5-1-2-8-17(13)15(18)19/h3-4,6,10,13H,1-2,5,7-9,11,16H2,(H,18,19). The van der Waals surface area contributed by atoms with Gasteiger partial charge in [0.15, 0.2) is 0 Å². The molecule has 0 spiro atoms. The summed E-state index contributed by atoms with van der Waals surface area (Å²) in [7, 11) is 0. The van der Waals surface area contributed by atoms with E-state index in [-0.39, 0.29) is 6.04 Å². The maximum atomic E-state index is 11.2. The van der Waals surface area contributed by atoms with Crippen LogP contribution in [-0.2, 0) is 6.54 Å². The molecule has 1 saturated heterocycles. The molecule has 1 amide bonds. The molecule has 110 valence electrons. The van der Waals surface area contributed by atoms with E-state index in [9.17, 15) is 4.79 Å². The molecule has 5 heteroatoms. The van der Waals surface area contributed by atoms with Crippen molar-refractivity contribution in [1.82, 2.24) is 4.90 Å². The number of carboxylic acid groups (broad SMARTS) is 1. The number of nitrogens with two attached hydrogens (primary N) is 1. The molecule has 0 aromatic heterocycles. The Bertz CT molecular complexity index is 450. The van der Waals surface area contributed by atoms with Gasteiger partial charge in [-0.1, -0.05) is 12.1 Å². The molecule has 0 saturated carbocycles. The van der Waals surface area contributed by atoms with E-state index in [4.69, 9.17) is 15.6 Å². The first-order valence-corrected chi connectivity index (χ1v) is 7.12. The van der Waals surface area contributed by atoms with Crippen molar-refractivity contribution in [2.75, 3.05) is 13.2 Å². The number of likely N-dealkylation sites (tertiary alicyclic amines) is 1. The zero-order valence-electron chi connectivity index (χ0n) is 11.6. The lowest BCUT2D eigenvalue weighted by Crippen LogP contribution is -2.43. The second-order valence-electron chi connectivity index (χ2n) is 5.11. The van der Waals surface area contributed by atoms with Crippen molar-refractivity contribution in [3.05, 3.63) is 29.8 Å². The summed E-state index contributed by atoms with van der Waals surface area (Å²) in [5.74, 6) is 0.797. The first-order chi connectivity index (χ1) is 9.70. The lowest BCUT2D eigenvalue weighted by Gasteiger charge is -2.33. The van der Waals surface area contributed by atoms with Crippen LogP contribution in [0.15, 0.2) is 24.3 Å². The van der Waals surface area contributed by atoms with E-state index < -0.39 is 6.09 Å². The fourth-order valence-corrected chi connectivity index (χ4v) is 2.63. The second-order valence-corrected chi connectivity index (χ2v) is 5.11. The van der Waals surface area contributed by atoms with Crippen LogP contribution < -0.4 is 10.5 Å². The predicted octanol–water partition coefficient (Wildman–Crippen LogP) is 2.45. The lowest BCUT2D eigenvalue weighted by atomic mass is 10.0. The molecule has 1 aliphatic rings. The topological polar surface area (TPSA) is 75.8 Å². The molecule has 5 nitrogen and oxygen atoms in total. The highest BCUT2D eigenvalue weighted by atomic mass is 16.5. The van der Waals surface area contributed by atoms with Gasteiger partial charge in [-0.2, -0.15) is 0 Å². The van der Waals surface area contributed by atoms with Crippen LogP contribution >= 0.6 is 0 Å². The molecule has 2 rings (SSSR count). The fraction of sp³-hybridized carbons (Fsp3) is 0.533. The zero-order valence-corrected chi connectivity index (χ0v) is 11.6. The van der Waals surface area contributed by atoms with Crippen LogP contribution in [0.5, 0.6) is 5.75 Å². The number of hydrogen-bond acceptors (Lipinski definition) is 3. The first kappa shape index (κ1) is 14.7. The summed E-state index contributed by atoms with van der Waals surface area (Å²) in [5, 5.41) is 9.16. The normalized spacial score (nSPS) is 18.9. The summed E-state index contributed by atoms with van der Waals surface area (Å²) >= 11 is 0. The molecule has 0 bridgehead atoms. The van der Waals surface area contributed by atoms with Crippen LogP contribution in [0.4, 0.5) is 4.79 Å². The van der Waals surface area contributed by atoms with E-state index in [2.05, 4.69) is 0 Å². The third kappa shape index (κ3) is 3.87. The number of piperidine rings is 1. The highest BCUT2D eigenvalue weighted by molar-refractivity contribution is 5.65. The summed E-state index contributed by atoms with van der Waals surface area (Å²) in [6.45, 7) is 1.66. The number of nitrogens with zero attached hydrogens (tertiary/aromatic N) is 1. The molecule has 1 aromatic carbocycles. The minimum Gasteiger partial charge on any atom is -0.494 e. The molecule has 0 aliphatic carbocycles. The smallest absolute Gasteiger partial charge is 0.407 e. The lowest BCUT2D eigenvalue weighted by molar-refractivity contribution is 0.0967. The predicted molar refractivity (Wildman–Crippen MR) is 76.8 cm³/mol. The maximum Gasteiger partial charge on any atom is 0.407 e. The van der Waals surface area contributed by atoms with Crippen molar-refractivity contribution in [3.63, 3.8) is 0 Å². The van der Waals surface area contributed by atoms with E-state index in [0.29, 0.717) is 19.7 Å². The molecule has 1 fully saturated rings. The Morgan fingerprint density at radius 3 is 3.05 bits per heavy atom. The molecule has 1 atom stereocenters. The maximum absolute atomic E-state index is 11.2. The highest BCUT2D eigenvalue weighted by Gasteiger charge is 2.25. The number of ether oxygens (including phenoxy) is 1. The highest BCUT2D eigenvalue weighted by Crippen LogP contribution is 2.20. The molecule has 20 heavy (non-hydrogen) atoms. The molecule has 3 N–H and O–H groups in total. The van der Waals surface area contributed by atoms with Gasteiger partial charge in [-0.25, -0.2) is 4.79 Å². The minimum atomic E-state index is -0.820. The van der Waals surface area contributed by atoms with Gasteiger partial charge in [0.05, 0.1) is 6.61 Å². The average molecular weight is 278 g/mol. The summed E-state index contributed by atoms with van der Waals surface area (Å²) in [6.07, 6.45) is 2.90. The molecular weight excluding hydrogens is 256 g/mol. The third-order valence-corrected chi connectivity index (χ3v) is 3.73. The number of carbonyl (C=O) groups is 1. The summed E-state index contributed by atoms with van der Waals surface area (Å²) in [5.41, 5.74) is 6.62. The largest absolute Gasteiger partial charge is 0.494 e. The molecule has 1 aromatic rings. The van der Waals surface area contributed by atoms with Gasteiger partial charge >= 0.3 is 6.09 Å². The van der Waals surface area contributed by atoms with E-state index in [0.717, 1.165) is 37.0 Å². The van der Waals surface area contributed by atoms with Gasteiger partial charge in [-0.15, -0.1) is 0 Å². The van der Waals surface area contributed by atoms with E-state index in [1.165, 1.54) is 0 Å². The number of rotatable bonds is 5. The Labute approximate surface area is 119 Å². The Morgan fingerprint density at radius 2 is 2.30 bits per heavy atom. The molecule has 1 unspecified atom stereocenters. The summed E-state index contributed by atoms with van der Waals surface area (Å²) in [6, 6.07) is 7.78. The molecule has 0 radical (unpaired) electrons. The number of hydrogen-bond donors (Lipinski definition) is 2. The Balaban J connectivity index is 1.83. The zero-order chi connectivity index (χ0) is 14.4. The van der Waals surface area contributed by atoms with Crippen molar-refractivity contribution >= 4 is 6.09 Å². The van der Waals surface area contributed by atoms with Gasteiger partial charge in [-0.05, 0) is 37.0 Å². The Kier molecular flexibility index (Phi) is 5.24. The van der Waals surface area contributed by atoms with Gasteiger partial charge in [0.25, 0.3) is 0 Å². The average Bonchev–Trinajstić information content (AvgIpc) is 2.48. The SMILES string of the molecule is NCc1cccc(OCCC2CCCCN2C(=O)O)c1. The quantitative estimate of drug-likeness (QED) is 0.867. The van der Waals surface area contributed by atoms with E-state index in [1.807, 2.05) is 24.3 Å². The summed E-state index contributed by atoms with van der Waals surface area (Å²) < 4.78 is 5.70. The van der Waals surface area contributed by atoms with Gasteiger partial charge < -0.3 is 20.5 Å². The van der Waals surface area contributed by atoms with Crippen molar-refractivity contribution in [3.8, 4) is 5.75 Å². The van der Waals surface area contributed by atoms with Crippen LogP contribution in [0.2, 0.25) is 0 Å². The van der Waals surface area contributed by atoms with E-state index >= 15 is 0 Å². The van der Waals surface area contributed by atoms with Crippen LogP contribution in [-0.4, -0.2) is 35.3 Å².